The van der Waals surface area contributed by atoms with Gasteiger partial charge in [-0.15, -0.1) is 0 Å². The molecule has 0 aliphatic carbocycles. The summed E-state index contributed by atoms with van der Waals surface area (Å²) in [5, 5.41) is 5.67. The molecule has 4 rings (SSSR count). The van der Waals surface area contributed by atoms with E-state index in [4.69, 9.17) is 14.0 Å². The van der Waals surface area contributed by atoms with Crippen LogP contribution in [-0.4, -0.2) is 29.0 Å². The van der Waals surface area contributed by atoms with E-state index in [0.717, 1.165) is 5.56 Å². The van der Waals surface area contributed by atoms with Gasteiger partial charge in [0.1, 0.15) is 0 Å². The Bertz CT molecular complexity index is 1020. The summed E-state index contributed by atoms with van der Waals surface area (Å²) < 4.78 is 55.5. The topological polar surface area (TPSA) is 86.5 Å². The first-order valence-electron chi connectivity index (χ1n) is 8.53. The number of aromatic nitrogens is 2. The van der Waals surface area contributed by atoms with Crippen molar-refractivity contribution in [2.45, 2.75) is 18.6 Å². The average Bonchev–Trinajstić information content (AvgIpc) is 3.35. The lowest BCUT2D eigenvalue weighted by Crippen LogP contribution is -2.38. The Kier molecular flexibility index (Phi) is 4.83. The molecule has 0 saturated heterocycles. The largest absolute Gasteiger partial charge is 0.454 e. The van der Waals surface area contributed by atoms with Gasteiger partial charge in [-0.25, -0.2) is 0 Å². The van der Waals surface area contributed by atoms with Gasteiger partial charge < -0.3 is 19.3 Å². The molecule has 7 nitrogen and oxygen atoms in total. The van der Waals surface area contributed by atoms with Gasteiger partial charge in [-0.3, -0.25) is 9.78 Å². The lowest BCUT2D eigenvalue weighted by Gasteiger charge is -2.20. The lowest BCUT2D eigenvalue weighted by atomic mass is 10.1. The fraction of sp³-hybridized carbons (Fsp3) is 0.211. The van der Waals surface area contributed by atoms with Crippen LogP contribution in [0, 0.1) is 0 Å². The molecule has 1 unspecified atom stereocenters. The standard InChI is InChI=1S/C19H14F3N3O4/c20-19(21,22)17(13-3-1-2-6-23-13)24-18(26)16-9-12(25-29-16)7-11-4-5-14-15(8-11)28-10-27-14/h1-6,8-9,17H,7,10H2,(H,24,26). The Balaban J connectivity index is 1.47. The third kappa shape index (κ3) is 4.15. The van der Waals surface area contributed by atoms with E-state index in [1.807, 2.05) is 5.32 Å². The molecule has 1 aliphatic rings. The molecule has 0 saturated carbocycles. The molecule has 0 fully saturated rings. The summed E-state index contributed by atoms with van der Waals surface area (Å²) in [5.41, 5.74) is 0.875. The summed E-state index contributed by atoms with van der Waals surface area (Å²) in [6.45, 7) is 0.143. The number of amides is 1. The van der Waals surface area contributed by atoms with Crippen LogP contribution in [0.1, 0.15) is 33.5 Å². The molecular formula is C19H14F3N3O4. The first-order chi connectivity index (χ1) is 13.9. The molecule has 1 aliphatic heterocycles. The third-order valence-corrected chi connectivity index (χ3v) is 4.19. The predicted molar refractivity (Wildman–Crippen MR) is 92.4 cm³/mol. The molecule has 3 heterocycles. The minimum absolute atomic E-state index is 0.143. The van der Waals surface area contributed by atoms with Crippen molar-refractivity contribution in [2.24, 2.45) is 0 Å². The van der Waals surface area contributed by atoms with Crippen molar-refractivity contribution in [3.05, 3.63) is 71.4 Å². The van der Waals surface area contributed by atoms with Gasteiger partial charge in [0.25, 0.3) is 5.91 Å². The maximum Gasteiger partial charge on any atom is 0.414 e. The van der Waals surface area contributed by atoms with E-state index in [1.54, 1.807) is 18.2 Å². The molecule has 2 aromatic heterocycles. The Hall–Kier alpha value is -3.56. The van der Waals surface area contributed by atoms with Crippen molar-refractivity contribution < 1.29 is 32.0 Å². The number of nitrogens with zero attached hydrogens (tertiary/aromatic N) is 2. The van der Waals surface area contributed by atoms with Gasteiger partial charge in [0, 0.05) is 18.7 Å². The number of hydrogen-bond acceptors (Lipinski definition) is 6. The van der Waals surface area contributed by atoms with Crippen LogP contribution >= 0.6 is 0 Å². The summed E-state index contributed by atoms with van der Waals surface area (Å²) in [7, 11) is 0. The Labute approximate surface area is 162 Å². The second-order valence-electron chi connectivity index (χ2n) is 6.25. The van der Waals surface area contributed by atoms with Gasteiger partial charge in [0.2, 0.25) is 12.6 Å². The number of carbonyl (C=O) groups excluding carboxylic acids is 1. The van der Waals surface area contributed by atoms with Crippen LogP contribution in [0.2, 0.25) is 0 Å². The molecule has 1 N–H and O–H groups in total. The van der Waals surface area contributed by atoms with E-state index < -0.39 is 18.1 Å². The van der Waals surface area contributed by atoms with Crippen LogP contribution < -0.4 is 14.8 Å². The van der Waals surface area contributed by atoms with Gasteiger partial charge >= 0.3 is 6.18 Å². The van der Waals surface area contributed by atoms with Crippen molar-refractivity contribution in [3.63, 3.8) is 0 Å². The van der Waals surface area contributed by atoms with Crippen molar-refractivity contribution in [1.29, 1.82) is 0 Å². The number of rotatable bonds is 5. The van der Waals surface area contributed by atoms with Crippen molar-refractivity contribution >= 4 is 5.91 Å². The van der Waals surface area contributed by atoms with Crippen LogP contribution in [0.4, 0.5) is 13.2 Å². The molecule has 1 atom stereocenters. The maximum atomic E-state index is 13.4. The number of nitrogens with one attached hydrogen (secondary N) is 1. The van der Waals surface area contributed by atoms with E-state index in [0.29, 0.717) is 23.6 Å². The smallest absolute Gasteiger partial charge is 0.414 e. The van der Waals surface area contributed by atoms with E-state index in [1.165, 1.54) is 30.5 Å². The minimum Gasteiger partial charge on any atom is -0.454 e. The van der Waals surface area contributed by atoms with Crippen molar-refractivity contribution in [3.8, 4) is 11.5 Å². The fourth-order valence-corrected chi connectivity index (χ4v) is 2.83. The zero-order valence-electron chi connectivity index (χ0n) is 14.8. The molecule has 0 bridgehead atoms. The number of fused-ring (bicyclic) bond motifs is 1. The van der Waals surface area contributed by atoms with Gasteiger partial charge in [0.15, 0.2) is 17.5 Å². The van der Waals surface area contributed by atoms with Crippen molar-refractivity contribution in [2.75, 3.05) is 6.79 Å². The Morgan fingerprint density at radius 2 is 1.97 bits per heavy atom. The lowest BCUT2D eigenvalue weighted by molar-refractivity contribution is -0.156. The molecule has 29 heavy (non-hydrogen) atoms. The Morgan fingerprint density at radius 3 is 2.72 bits per heavy atom. The molecular weight excluding hydrogens is 391 g/mol. The minimum atomic E-state index is -4.72. The summed E-state index contributed by atoms with van der Waals surface area (Å²) in [5.74, 6) is -0.151. The molecule has 0 radical (unpaired) electrons. The first-order valence-corrected chi connectivity index (χ1v) is 8.53. The summed E-state index contributed by atoms with van der Waals surface area (Å²) in [6.07, 6.45) is -3.20. The number of ether oxygens (including phenoxy) is 2. The zero-order chi connectivity index (χ0) is 20.4. The summed E-state index contributed by atoms with van der Waals surface area (Å²) >= 11 is 0. The normalized spacial score (nSPS) is 13.9. The number of pyridine rings is 1. The van der Waals surface area contributed by atoms with Crippen LogP contribution in [0.3, 0.4) is 0 Å². The number of alkyl halides is 3. The van der Waals surface area contributed by atoms with Crippen LogP contribution in [0.5, 0.6) is 11.5 Å². The second-order valence-corrected chi connectivity index (χ2v) is 6.25. The van der Waals surface area contributed by atoms with Crippen LogP contribution in [0.25, 0.3) is 0 Å². The highest BCUT2D eigenvalue weighted by molar-refractivity contribution is 5.91. The molecule has 150 valence electrons. The monoisotopic (exact) mass is 405 g/mol. The summed E-state index contributed by atoms with van der Waals surface area (Å²) in [6, 6.07) is 8.41. The van der Waals surface area contributed by atoms with E-state index in [9.17, 15) is 18.0 Å². The fourth-order valence-electron chi connectivity index (χ4n) is 2.83. The van der Waals surface area contributed by atoms with Crippen LogP contribution in [-0.2, 0) is 6.42 Å². The molecule has 1 amide bonds. The average molecular weight is 405 g/mol. The highest BCUT2D eigenvalue weighted by atomic mass is 19.4. The van der Waals surface area contributed by atoms with E-state index in [-0.39, 0.29) is 18.2 Å². The molecule has 10 heteroatoms. The number of hydrogen-bond donors (Lipinski definition) is 1. The number of carbonyl (C=O) groups is 1. The number of benzene rings is 1. The van der Waals surface area contributed by atoms with Gasteiger partial charge in [-0.2, -0.15) is 13.2 Å². The molecule has 3 aromatic rings. The van der Waals surface area contributed by atoms with Crippen LogP contribution in [0.15, 0.2) is 53.2 Å². The van der Waals surface area contributed by atoms with Gasteiger partial charge in [-0.05, 0) is 29.8 Å². The van der Waals surface area contributed by atoms with Gasteiger partial charge in [-0.1, -0.05) is 17.3 Å². The zero-order valence-corrected chi connectivity index (χ0v) is 14.8. The molecule has 0 spiro atoms. The van der Waals surface area contributed by atoms with Crippen molar-refractivity contribution in [1.82, 2.24) is 15.5 Å². The Morgan fingerprint density at radius 1 is 1.14 bits per heavy atom. The second kappa shape index (κ2) is 7.46. The predicted octanol–water partition coefficient (Wildman–Crippen LogP) is 3.42. The summed E-state index contributed by atoms with van der Waals surface area (Å²) in [4.78, 5) is 16.0. The highest BCUT2D eigenvalue weighted by Gasteiger charge is 2.43. The van der Waals surface area contributed by atoms with Gasteiger partial charge in [0.05, 0.1) is 11.4 Å². The SMILES string of the molecule is O=C(NC(c1ccccn1)C(F)(F)F)c1cc(Cc2ccc3c(c2)OCO3)no1. The van der Waals surface area contributed by atoms with E-state index in [2.05, 4.69) is 10.1 Å². The quantitative estimate of drug-likeness (QED) is 0.700. The third-order valence-electron chi connectivity index (χ3n) is 4.19. The van der Waals surface area contributed by atoms with E-state index >= 15 is 0 Å². The first kappa shape index (κ1) is 18.8. The maximum absolute atomic E-state index is 13.4. The highest BCUT2D eigenvalue weighted by Crippen LogP contribution is 2.33. The molecule has 1 aromatic carbocycles. The number of halogens is 3.